The predicted molar refractivity (Wildman–Crippen MR) is 97.6 cm³/mol. The molecule has 0 bridgehead atoms. The van der Waals surface area contributed by atoms with Gasteiger partial charge in [-0.05, 0) is 50.4 Å². The topological polar surface area (TPSA) is 53.6 Å². The average Bonchev–Trinajstić information content (AvgIpc) is 2.88. The van der Waals surface area contributed by atoms with E-state index in [0.717, 1.165) is 51.2 Å². The van der Waals surface area contributed by atoms with Crippen LogP contribution in [0.4, 0.5) is 4.79 Å². The number of nitrogens with zero attached hydrogens (tertiary/aromatic N) is 1. The Balaban J connectivity index is 1.61. The minimum absolute atomic E-state index is 0.0846. The predicted octanol–water partition coefficient (Wildman–Crippen LogP) is 2.80. The zero-order chi connectivity index (χ0) is 17.2. The zero-order valence-corrected chi connectivity index (χ0v) is 15.0. The molecule has 2 amide bonds. The molecule has 0 spiro atoms. The van der Waals surface area contributed by atoms with Crippen LogP contribution in [0.3, 0.4) is 0 Å². The summed E-state index contributed by atoms with van der Waals surface area (Å²) in [5.41, 5.74) is 1.28. The summed E-state index contributed by atoms with van der Waals surface area (Å²) in [7, 11) is 1.68. The third kappa shape index (κ3) is 6.40. The summed E-state index contributed by atoms with van der Waals surface area (Å²) in [6, 6.07) is 8.37. The lowest BCUT2D eigenvalue weighted by Crippen LogP contribution is -2.47. The van der Waals surface area contributed by atoms with Crippen LogP contribution in [-0.4, -0.2) is 50.3 Å². The number of urea groups is 1. The van der Waals surface area contributed by atoms with Gasteiger partial charge in [0.2, 0.25) is 0 Å². The number of hydrogen-bond acceptors (Lipinski definition) is 3. The van der Waals surface area contributed by atoms with Crippen LogP contribution in [0.5, 0.6) is 5.75 Å². The van der Waals surface area contributed by atoms with E-state index in [1.165, 1.54) is 18.4 Å². The third-order valence-electron chi connectivity index (χ3n) is 4.46. The van der Waals surface area contributed by atoms with E-state index < -0.39 is 0 Å². The Morgan fingerprint density at radius 2 is 1.83 bits per heavy atom. The Morgan fingerprint density at radius 3 is 2.46 bits per heavy atom. The first-order chi connectivity index (χ1) is 11.7. The van der Waals surface area contributed by atoms with E-state index in [1.54, 1.807) is 7.11 Å². The number of ether oxygens (including phenoxy) is 1. The standard InChI is InChI=1S/C19H31N3O2/c1-16(21-19(23)22-13-5-3-4-6-14-22)15-20-12-11-17-7-9-18(24-2)10-8-17/h7-10,16,20H,3-6,11-15H2,1-2H3,(H,21,23). The van der Waals surface area contributed by atoms with Crippen molar-refractivity contribution in [3.8, 4) is 5.75 Å². The zero-order valence-electron chi connectivity index (χ0n) is 15.0. The van der Waals surface area contributed by atoms with Crippen molar-refractivity contribution >= 4 is 6.03 Å². The molecule has 0 saturated carbocycles. The van der Waals surface area contributed by atoms with E-state index in [1.807, 2.05) is 17.0 Å². The van der Waals surface area contributed by atoms with E-state index in [9.17, 15) is 4.79 Å². The summed E-state index contributed by atoms with van der Waals surface area (Å²) in [6.07, 6.45) is 5.71. The van der Waals surface area contributed by atoms with E-state index in [0.29, 0.717) is 0 Å². The van der Waals surface area contributed by atoms with Gasteiger partial charge in [0, 0.05) is 25.7 Å². The molecule has 2 N–H and O–H groups in total. The van der Waals surface area contributed by atoms with Crippen molar-refractivity contribution in [2.45, 2.75) is 45.1 Å². The SMILES string of the molecule is COc1ccc(CCNCC(C)NC(=O)N2CCCCCC2)cc1. The lowest BCUT2D eigenvalue weighted by atomic mass is 10.1. The highest BCUT2D eigenvalue weighted by Gasteiger charge is 2.16. The first-order valence-electron chi connectivity index (χ1n) is 9.08. The molecular weight excluding hydrogens is 302 g/mol. The number of hydrogen-bond donors (Lipinski definition) is 2. The van der Waals surface area contributed by atoms with Crippen LogP contribution in [0.15, 0.2) is 24.3 Å². The van der Waals surface area contributed by atoms with Gasteiger partial charge in [-0.3, -0.25) is 0 Å². The van der Waals surface area contributed by atoms with E-state index in [-0.39, 0.29) is 12.1 Å². The van der Waals surface area contributed by atoms with Crippen LogP contribution in [0.25, 0.3) is 0 Å². The highest BCUT2D eigenvalue weighted by molar-refractivity contribution is 5.74. The first-order valence-corrected chi connectivity index (χ1v) is 9.08. The Kier molecular flexibility index (Phi) is 7.89. The van der Waals surface area contributed by atoms with E-state index in [2.05, 4.69) is 29.7 Å². The molecule has 1 aliphatic rings. The van der Waals surface area contributed by atoms with Gasteiger partial charge in [0.15, 0.2) is 0 Å². The van der Waals surface area contributed by atoms with Gasteiger partial charge in [0.25, 0.3) is 0 Å². The van der Waals surface area contributed by atoms with Gasteiger partial charge < -0.3 is 20.3 Å². The number of amides is 2. The second-order valence-corrected chi connectivity index (χ2v) is 6.55. The van der Waals surface area contributed by atoms with Crippen molar-refractivity contribution in [1.29, 1.82) is 0 Å². The van der Waals surface area contributed by atoms with Crippen molar-refractivity contribution in [2.24, 2.45) is 0 Å². The first kappa shape index (κ1) is 18.6. The fraction of sp³-hybridized carbons (Fsp3) is 0.632. The third-order valence-corrected chi connectivity index (χ3v) is 4.46. The molecular formula is C19H31N3O2. The van der Waals surface area contributed by atoms with Gasteiger partial charge in [0.05, 0.1) is 7.11 Å². The fourth-order valence-electron chi connectivity index (χ4n) is 2.97. The monoisotopic (exact) mass is 333 g/mol. The van der Waals surface area contributed by atoms with Crippen molar-refractivity contribution in [1.82, 2.24) is 15.5 Å². The van der Waals surface area contributed by atoms with Crippen molar-refractivity contribution in [3.63, 3.8) is 0 Å². The number of carbonyl (C=O) groups excluding carboxylic acids is 1. The molecule has 0 radical (unpaired) electrons. The van der Waals surface area contributed by atoms with Gasteiger partial charge in [-0.2, -0.15) is 0 Å². The van der Waals surface area contributed by atoms with Crippen LogP contribution >= 0.6 is 0 Å². The molecule has 1 unspecified atom stereocenters. The summed E-state index contributed by atoms with van der Waals surface area (Å²) in [5, 5.41) is 6.52. The number of nitrogens with one attached hydrogen (secondary N) is 2. The van der Waals surface area contributed by atoms with Crippen LogP contribution in [0.2, 0.25) is 0 Å². The molecule has 1 aromatic rings. The van der Waals surface area contributed by atoms with Crippen LogP contribution < -0.4 is 15.4 Å². The molecule has 134 valence electrons. The number of likely N-dealkylation sites (tertiary alicyclic amines) is 1. The Labute approximate surface area is 145 Å². The molecule has 24 heavy (non-hydrogen) atoms. The van der Waals surface area contributed by atoms with Gasteiger partial charge in [-0.15, -0.1) is 0 Å². The molecule has 1 aromatic carbocycles. The molecule has 1 fully saturated rings. The normalized spacial score (nSPS) is 16.3. The molecule has 1 aliphatic heterocycles. The maximum absolute atomic E-state index is 12.3. The average molecular weight is 333 g/mol. The molecule has 2 rings (SSSR count). The summed E-state index contributed by atoms with van der Waals surface area (Å²) in [6.45, 7) is 5.52. The molecule has 0 aromatic heterocycles. The largest absolute Gasteiger partial charge is 0.497 e. The highest BCUT2D eigenvalue weighted by atomic mass is 16.5. The second kappa shape index (κ2) is 10.2. The molecule has 1 heterocycles. The van der Waals surface area contributed by atoms with Crippen LogP contribution in [-0.2, 0) is 6.42 Å². The molecule has 0 aliphatic carbocycles. The minimum atomic E-state index is 0.0846. The van der Waals surface area contributed by atoms with Crippen molar-refractivity contribution in [2.75, 3.05) is 33.3 Å². The lowest BCUT2D eigenvalue weighted by molar-refractivity contribution is 0.196. The summed E-state index contributed by atoms with van der Waals surface area (Å²) >= 11 is 0. The number of benzene rings is 1. The summed E-state index contributed by atoms with van der Waals surface area (Å²) in [4.78, 5) is 14.2. The minimum Gasteiger partial charge on any atom is -0.497 e. The van der Waals surface area contributed by atoms with E-state index >= 15 is 0 Å². The lowest BCUT2D eigenvalue weighted by Gasteiger charge is -2.23. The molecule has 1 atom stereocenters. The Bertz CT molecular complexity index is 482. The van der Waals surface area contributed by atoms with Crippen LogP contribution in [0, 0.1) is 0 Å². The second-order valence-electron chi connectivity index (χ2n) is 6.55. The van der Waals surface area contributed by atoms with E-state index in [4.69, 9.17) is 4.74 Å². The van der Waals surface area contributed by atoms with Crippen LogP contribution in [0.1, 0.15) is 38.2 Å². The van der Waals surface area contributed by atoms with Crippen molar-refractivity contribution < 1.29 is 9.53 Å². The van der Waals surface area contributed by atoms with Gasteiger partial charge in [-0.1, -0.05) is 25.0 Å². The maximum atomic E-state index is 12.3. The quantitative estimate of drug-likeness (QED) is 0.755. The van der Waals surface area contributed by atoms with Gasteiger partial charge >= 0.3 is 6.03 Å². The van der Waals surface area contributed by atoms with Gasteiger partial charge in [0.1, 0.15) is 5.75 Å². The summed E-state index contributed by atoms with van der Waals surface area (Å²) in [5.74, 6) is 0.886. The smallest absolute Gasteiger partial charge is 0.317 e. The van der Waals surface area contributed by atoms with Gasteiger partial charge in [-0.25, -0.2) is 4.79 Å². The Hall–Kier alpha value is -1.75. The number of carbonyl (C=O) groups is 1. The molecule has 1 saturated heterocycles. The fourth-order valence-corrected chi connectivity index (χ4v) is 2.97. The summed E-state index contributed by atoms with van der Waals surface area (Å²) < 4.78 is 5.16. The van der Waals surface area contributed by atoms with Crippen molar-refractivity contribution in [3.05, 3.63) is 29.8 Å². The maximum Gasteiger partial charge on any atom is 0.317 e. The highest BCUT2D eigenvalue weighted by Crippen LogP contribution is 2.11. The molecule has 5 nitrogen and oxygen atoms in total. The Morgan fingerprint density at radius 1 is 1.17 bits per heavy atom. The number of methoxy groups -OCH3 is 1. The number of rotatable bonds is 7. The molecule has 5 heteroatoms.